The van der Waals surface area contributed by atoms with Gasteiger partial charge in [-0.15, -0.1) is 0 Å². The van der Waals surface area contributed by atoms with Crippen LogP contribution >= 0.6 is 11.8 Å². The summed E-state index contributed by atoms with van der Waals surface area (Å²) in [4.78, 5) is 21.4. The normalized spacial score (nSPS) is 12.1. The number of aliphatic hydroxyl groups is 1. The van der Waals surface area contributed by atoms with E-state index in [4.69, 9.17) is 10.2 Å². The highest BCUT2D eigenvalue weighted by Gasteiger charge is 2.17. The lowest BCUT2D eigenvalue weighted by molar-refractivity contribution is -0.141. The predicted octanol–water partition coefficient (Wildman–Crippen LogP) is 0.0814. The number of carbonyl (C=O) groups excluding carboxylic acids is 1. The minimum absolute atomic E-state index is 0.154. The number of thioether (sulfide) groups is 1. The molecule has 0 aliphatic rings. The summed E-state index contributed by atoms with van der Waals surface area (Å²) >= 11 is 1.58. The van der Waals surface area contributed by atoms with Gasteiger partial charge in [-0.1, -0.05) is 0 Å². The van der Waals surface area contributed by atoms with Gasteiger partial charge in [-0.2, -0.15) is 11.8 Å². The van der Waals surface area contributed by atoms with E-state index in [1.165, 1.54) is 6.92 Å². The van der Waals surface area contributed by atoms with Gasteiger partial charge in [0.15, 0.2) is 0 Å². The zero-order valence-corrected chi connectivity index (χ0v) is 9.55. The van der Waals surface area contributed by atoms with E-state index in [2.05, 4.69) is 5.32 Å². The van der Waals surface area contributed by atoms with E-state index in [1.807, 2.05) is 0 Å². The van der Waals surface area contributed by atoms with Crippen LogP contribution in [0.4, 0.5) is 0 Å². The topological polar surface area (TPSA) is 86.6 Å². The molecule has 0 aromatic carbocycles. The van der Waals surface area contributed by atoms with E-state index in [1.54, 1.807) is 11.8 Å². The lowest BCUT2D eigenvalue weighted by atomic mass is 10.2. The van der Waals surface area contributed by atoms with Crippen molar-refractivity contribution in [1.82, 2.24) is 5.32 Å². The van der Waals surface area contributed by atoms with Crippen molar-refractivity contribution in [2.24, 2.45) is 0 Å². The summed E-state index contributed by atoms with van der Waals surface area (Å²) in [5.74, 6) is 0.135. The van der Waals surface area contributed by atoms with Crippen LogP contribution in [0.3, 0.4) is 0 Å². The van der Waals surface area contributed by atoms with E-state index in [0.29, 0.717) is 18.6 Å². The summed E-state index contributed by atoms with van der Waals surface area (Å²) in [6, 6.07) is -0.802. The Morgan fingerprint density at radius 2 is 2.07 bits per heavy atom. The SMILES string of the molecule is CC(=O)NC(CCSCCCO)C(=O)O. The minimum atomic E-state index is -1.01. The largest absolute Gasteiger partial charge is 0.480 e. The predicted molar refractivity (Wildman–Crippen MR) is 58.9 cm³/mol. The number of hydrogen-bond donors (Lipinski definition) is 3. The van der Waals surface area contributed by atoms with Crippen LogP contribution in [-0.4, -0.2) is 46.2 Å². The Balaban J connectivity index is 3.67. The van der Waals surface area contributed by atoms with Crippen LogP contribution in [0.1, 0.15) is 19.8 Å². The molecule has 0 aromatic rings. The Labute approximate surface area is 93.2 Å². The zero-order valence-electron chi connectivity index (χ0n) is 8.73. The van der Waals surface area contributed by atoms with Crippen molar-refractivity contribution in [2.45, 2.75) is 25.8 Å². The van der Waals surface area contributed by atoms with Gasteiger partial charge in [0.05, 0.1) is 0 Å². The Kier molecular flexibility index (Phi) is 8.12. The second kappa shape index (κ2) is 8.55. The van der Waals surface area contributed by atoms with E-state index >= 15 is 0 Å². The van der Waals surface area contributed by atoms with Gasteiger partial charge in [0.1, 0.15) is 6.04 Å². The Morgan fingerprint density at radius 1 is 1.40 bits per heavy atom. The summed E-state index contributed by atoms with van der Waals surface area (Å²) in [7, 11) is 0. The van der Waals surface area contributed by atoms with Gasteiger partial charge in [-0.05, 0) is 24.3 Å². The quantitative estimate of drug-likeness (QED) is 0.519. The molecule has 0 spiro atoms. The number of carboxylic acids is 1. The standard InChI is InChI=1S/C9H17NO4S/c1-7(12)10-8(9(13)14)3-6-15-5-2-4-11/h8,11H,2-6H2,1H3,(H,10,12)(H,13,14). The third-order valence-corrected chi connectivity index (χ3v) is 2.77. The third-order valence-electron chi connectivity index (χ3n) is 1.67. The van der Waals surface area contributed by atoms with Crippen molar-refractivity contribution in [2.75, 3.05) is 18.1 Å². The fourth-order valence-electron chi connectivity index (χ4n) is 0.973. The third kappa shape index (κ3) is 8.26. The van der Waals surface area contributed by atoms with Crippen LogP contribution in [0.2, 0.25) is 0 Å². The maximum Gasteiger partial charge on any atom is 0.326 e. The number of aliphatic carboxylic acids is 1. The maximum atomic E-state index is 10.7. The molecule has 3 N–H and O–H groups in total. The van der Waals surface area contributed by atoms with Gasteiger partial charge < -0.3 is 15.5 Å². The number of amides is 1. The number of nitrogens with one attached hydrogen (secondary N) is 1. The number of aliphatic hydroxyl groups excluding tert-OH is 1. The summed E-state index contributed by atoms with van der Waals surface area (Å²) in [5, 5.41) is 19.6. The van der Waals surface area contributed by atoms with Crippen LogP contribution in [0.25, 0.3) is 0 Å². The number of rotatable bonds is 8. The molecule has 0 rings (SSSR count). The Hall–Kier alpha value is -0.750. The molecule has 0 fully saturated rings. The molecule has 0 aliphatic heterocycles. The molecule has 0 aliphatic carbocycles. The second-order valence-electron chi connectivity index (χ2n) is 3.07. The molecule has 0 saturated carbocycles. The van der Waals surface area contributed by atoms with Crippen molar-refractivity contribution in [1.29, 1.82) is 0 Å². The highest BCUT2D eigenvalue weighted by Crippen LogP contribution is 2.06. The Morgan fingerprint density at radius 3 is 2.53 bits per heavy atom. The molecular weight excluding hydrogens is 218 g/mol. The average molecular weight is 235 g/mol. The van der Waals surface area contributed by atoms with Crippen molar-refractivity contribution >= 4 is 23.6 Å². The smallest absolute Gasteiger partial charge is 0.326 e. The molecule has 0 bridgehead atoms. The molecule has 1 atom stereocenters. The van der Waals surface area contributed by atoms with Gasteiger partial charge in [0.2, 0.25) is 5.91 Å². The van der Waals surface area contributed by atoms with Gasteiger partial charge >= 0.3 is 5.97 Å². The second-order valence-corrected chi connectivity index (χ2v) is 4.29. The summed E-state index contributed by atoms with van der Waals surface area (Å²) in [6.45, 7) is 1.45. The van der Waals surface area contributed by atoms with Crippen LogP contribution in [0, 0.1) is 0 Å². The molecule has 1 amide bonds. The van der Waals surface area contributed by atoms with Gasteiger partial charge in [0, 0.05) is 13.5 Å². The van der Waals surface area contributed by atoms with Crippen LogP contribution in [0.15, 0.2) is 0 Å². The summed E-state index contributed by atoms with van der Waals surface area (Å²) < 4.78 is 0. The first kappa shape index (κ1) is 14.2. The molecule has 0 heterocycles. The van der Waals surface area contributed by atoms with E-state index in [0.717, 1.165) is 5.75 Å². The van der Waals surface area contributed by atoms with Gasteiger partial charge in [-0.25, -0.2) is 4.79 Å². The van der Waals surface area contributed by atoms with Gasteiger partial charge in [0.25, 0.3) is 0 Å². The molecule has 1 unspecified atom stereocenters. The molecule has 0 saturated heterocycles. The molecular formula is C9H17NO4S. The first-order valence-electron chi connectivity index (χ1n) is 4.76. The monoisotopic (exact) mass is 235 g/mol. The lowest BCUT2D eigenvalue weighted by Gasteiger charge is -2.12. The highest BCUT2D eigenvalue weighted by atomic mass is 32.2. The lowest BCUT2D eigenvalue weighted by Crippen LogP contribution is -2.39. The fraction of sp³-hybridized carbons (Fsp3) is 0.778. The van der Waals surface area contributed by atoms with E-state index in [-0.39, 0.29) is 12.5 Å². The zero-order chi connectivity index (χ0) is 11.7. The van der Waals surface area contributed by atoms with Crippen molar-refractivity contribution in [3.8, 4) is 0 Å². The van der Waals surface area contributed by atoms with Crippen molar-refractivity contribution in [3.05, 3.63) is 0 Å². The van der Waals surface area contributed by atoms with Gasteiger partial charge in [-0.3, -0.25) is 4.79 Å². The van der Waals surface area contributed by atoms with Crippen LogP contribution in [-0.2, 0) is 9.59 Å². The van der Waals surface area contributed by atoms with Crippen molar-refractivity contribution in [3.63, 3.8) is 0 Å². The van der Waals surface area contributed by atoms with Crippen molar-refractivity contribution < 1.29 is 19.8 Å². The highest BCUT2D eigenvalue weighted by molar-refractivity contribution is 7.99. The fourth-order valence-corrected chi connectivity index (χ4v) is 1.91. The molecule has 88 valence electrons. The van der Waals surface area contributed by atoms with E-state index < -0.39 is 12.0 Å². The summed E-state index contributed by atoms with van der Waals surface area (Å²) in [5.41, 5.74) is 0. The molecule has 15 heavy (non-hydrogen) atoms. The average Bonchev–Trinajstić information content (AvgIpc) is 2.15. The number of carboxylic acid groups (broad SMARTS) is 1. The Bertz CT molecular complexity index is 210. The minimum Gasteiger partial charge on any atom is -0.480 e. The first-order chi connectivity index (χ1) is 7.07. The van der Waals surface area contributed by atoms with Crippen LogP contribution < -0.4 is 5.32 Å². The maximum absolute atomic E-state index is 10.7. The molecule has 5 nitrogen and oxygen atoms in total. The molecule has 0 radical (unpaired) electrons. The van der Waals surface area contributed by atoms with E-state index in [9.17, 15) is 9.59 Å². The number of hydrogen-bond acceptors (Lipinski definition) is 4. The molecule has 6 heteroatoms. The van der Waals surface area contributed by atoms with Crippen LogP contribution in [0.5, 0.6) is 0 Å². The molecule has 0 aromatic heterocycles. The summed E-state index contributed by atoms with van der Waals surface area (Å²) in [6.07, 6.45) is 1.12. The first-order valence-corrected chi connectivity index (χ1v) is 5.92. The number of carbonyl (C=O) groups is 2.